The van der Waals surface area contributed by atoms with Gasteiger partial charge in [0, 0.05) is 30.4 Å². The zero-order valence-corrected chi connectivity index (χ0v) is 33.6. The third-order valence-electron chi connectivity index (χ3n) is 8.67. The van der Waals surface area contributed by atoms with Gasteiger partial charge in [0.2, 0.25) is 0 Å². The molecule has 0 radical (unpaired) electrons. The molecule has 1 heterocycles. The quantitative estimate of drug-likeness (QED) is 0.107. The van der Waals surface area contributed by atoms with Crippen molar-refractivity contribution in [2.45, 2.75) is 98.8 Å². The molecular weight excluding hydrogens is 680 g/mol. The molecule has 1 atom stereocenters. The zero-order chi connectivity index (χ0) is 40.4. The molecule has 0 saturated heterocycles. The zero-order valence-electron chi connectivity index (χ0n) is 33.6. The van der Waals surface area contributed by atoms with Gasteiger partial charge in [0.25, 0.3) is 0 Å². The number of allylic oxidation sites excluding steroid dienone is 1. The summed E-state index contributed by atoms with van der Waals surface area (Å²) in [6, 6.07) is 21.8. The molecular formula is C46H62F3N5. The molecule has 0 aliphatic carbocycles. The third kappa shape index (κ3) is 13.6. The van der Waals surface area contributed by atoms with E-state index in [0.717, 1.165) is 59.5 Å². The minimum Gasteiger partial charge on any atom is -0.385 e. The monoisotopic (exact) mass is 741 g/mol. The Kier molecular flexibility index (Phi) is 19.0. The van der Waals surface area contributed by atoms with Crippen molar-refractivity contribution in [3.8, 4) is 5.69 Å². The number of aryl methyl sites for hydroxylation is 2. The maximum atomic E-state index is 14.1. The fourth-order valence-electron chi connectivity index (χ4n) is 5.61. The summed E-state index contributed by atoms with van der Waals surface area (Å²) in [4.78, 5) is 0. The summed E-state index contributed by atoms with van der Waals surface area (Å²) in [5, 5.41) is 10.5. The van der Waals surface area contributed by atoms with Gasteiger partial charge in [0.15, 0.2) is 5.69 Å². The lowest BCUT2D eigenvalue weighted by molar-refractivity contribution is -0.142. The van der Waals surface area contributed by atoms with E-state index in [0.29, 0.717) is 29.8 Å². The van der Waals surface area contributed by atoms with Gasteiger partial charge in [0.05, 0.1) is 11.4 Å². The van der Waals surface area contributed by atoms with E-state index < -0.39 is 11.9 Å². The Hall–Kier alpha value is -4.66. The van der Waals surface area contributed by atoms with E-state index in [1.54, 1.807) is 6.08 Å². The van der Waals surface area contributed by atoms with Gasteiger partial charge in [-0.05, 0) is 97.7 Å². The summed E-state index contributed by atoms with van der Waals surface area (Å²) in [7, 11) is 1.95. The Morgan fingerprint density at radius 1 is 0.926 bits per heavy atom. The van der Waals surface area contributed by atoms with Crippen molar-refractivity contribution in [2.75, 3.05) is 13.6 Å². The number of halogens is 3. The van der Waals surface area contributed by atoms with E-state index in [1.165, 1.54) is 22.2 Å². The molecule has 4 N–H and O–H groups in total. The minimum atomic E-state index is -4.58. The summed E-state index contributed by atoms with van der Waals surface area (Å²) in [6.45, 7) is 30.1. The molecule has 0 spiro atoms. The highest BCUT2D eigenvalue weighted by molar-refractivity contribution is 5.72. The van der Waals surface area contributed by atoms with Crippen LogP contribution in [0.5, 0.6) is 0 Å². The van der Waals surface area contributed by atoms with Gasteiger partial charge in [0.1, 0.15) is 0 Å². The molecule has 3 aromatic carbocycles. The summed E-state index contributed by atoms with van der Waals surface area (Å²) in [5.41, 5.74) is 14.9. The van der Waals surface area contributed by atoms with Crippen molar-refractivity contribution in [2.24, 2.45) is 5.73 Å². The highest BCUT2D eigenvalue weighted by Gasteiger charge is 2.39. The van der Waals surface area contributed by atoms with Gasteiger partial charge >= 0.3 is 6.18 Å². The lowest BCUT2D eigenvalue weighted by Gasteiger charge is -2.16. The van der Waals surface area contributed by atoms with E-state index in [1.807, 2.05) is 70.3 Å². The molecule has 4 aromatic rings. The molecule has 4 rings (SSSR count). The van der Waals surface area contributed by atoms with Gasteiger partial charge in [-0.2, -0.15) is 18.3 Å². The van der Waals surface area contributed by atoms with Crippen LogP contribution in [-0.2, 0) is 32.0 Å². The van der Waals surface area contributed by atoms with E-state index in [9.17, 15) is 13.2 Å². The van der Waals surface area contributed by atoms with Crippen molar-refractivity contribution in [3.05, 3.63) is 149 Å². The molecule has 0 aliphatic heterocycles. The van der Waals surface area contributed by atoms with Crippen LogP contribution in [0.4, 0.5) is 13.2 Å². The number of rotatable bonds is 16. The highest BCUT2D eigenvalue weighted by atomic mass is 19.4. The predicted octanol–water partition coefficient (Wildman–Crippen LogP) is 11.3. The Morgan fingerprint density at radius 2 is 1.52 bits per heavy atom. The Labute approximate surface area is 323 Å². The molecule has 0 aliphatic rings. The summed E-state index contributed by atoms with van der Waals surface area (Å²) in [6.07, 6.45) is 1.27. The largest absolute Gasteiger partial charge is 0.435 e. The van der Waals surface area contributed by atoms with Crippen LogP contribution >= 0.6 is 0 Å². The molecule has 54 heavy (non-hydrogen) atoms. The molecule has 8 heteroatoms. The van der Waals surface area contributed by atoms with Crippen LogP contribution < -0.4 is 16.4 Å². The van der Waals surface area contributed by atoms with Crippen molar-refractivity contribution in [1.82, 2.24) is 20.4 Å². The first-order valence-corrected chi connectivity index (χ1v) is 18.9. The van der Waals surface area contributed by atoms with Crippen molar-refractivity contribution in [1.29, 1.82) is 0 Å². The van der Waals surface area contributed by atoms with Crippen LogP contribution in [0.2, 0.25) is 0 Å². The van der Waals surface area contributed by atoms with E-state index >= 15 is 0 Å². The first-order chi connectivity index (χ1) is 25.6. The van der Waals surface area contributed by atoms with Gasteiger partial charge < -0.3 is 16.4 Å². The Balaban J connectivity index is 0.000000465. The maximum Gasteiger partial charge on any atom is 0.435 e. The molecule has 0 fully saturated rings. The van der Waals surface area contributed by atoms with Crippen molar-refractivity contribution >= 4 is 17.2 Å². The minimum absolute atomic E-state index is 0.171. The number of nitrogens with zero attached hydrogens (tertiary/aromatic N) is 2. The summed E-state index contributed by atoms with van der Waals surface area (Å²) >= 11 is 0. The van der Waals surface area contributed by atoms with Crippen LogP contribution in [0, 0.1) is 6.92 Å². The van der Waals surface area contributed by atoms with Gasteiger partial charge in [-0.1, -0.05) is 133 Å². The van der Waals surface area contributed by atoms with Crippen LogP contribution in [0.25, 0.3) is 22.9 Å². The highest BCUT2D eigenvalue weighted by Crippen LogP contribution is 2.38. The number of benzene rings is 3. The Morgan fingerprint density at radius 3 is 2.04 bits per heavy atom. The SMILES string of the molecule is C=C(CCNC)NCc1ccc(C)cc1.C=Cc1cc(CC)ccc1-n1nc(C(F)(F)F)c(CCC)c1C(=C)Cc1ccc(C(=C)C(C)N)cc1.CCC. The van der Waals surface area contributed by atoms with Crippen molar-refractivity contribution in [3.63, 3.8) is 0 Å². The van der Waals surface area contributed by atoms with Crippen LogP contribution in [0.15, 0.2) is 98.7 Å². The maximum absolute atomic E-state index is 14.1. The number of hydrogen-bond acceptors (Lipinski definition) is 4. The number of aromatic nitrogens is 2. The van der Waals surface area contributed by atoms with Crippen LogP contribution in [0.1, 0.15) is 104 Å². The molecule has 0 saturated carbocycles. The Bertz CT molecular complexity index is 1800. The molecule has 1 aromatic heterocycles. The average Bonchev–Trinajstić information content (AvgIpc) is 3.54. The lowest BCUT2D eigenvalue weighted by atomic mass is 9.95. The third-order valence-corrected chi connectivity index (χ3v) is 8.67. The molecule has 0 amide bonds. The lowest BCUT2D eigenvalue weighted by Crippen LogP contribution is -2.16. The number of alkyl halides is 3. The van der Waals surface area contributed by atoms with E-state index in [4.69, 9.17) is 5.73 Å². The number of nitrogens with one attached hydrogen (secondary N) is 2. The summed E-state index contributed by atoms with van der Waals surface area (Å²) < 4.78 is 43.7. The predicted molar refractivity (Wildman–Crippen MR) is 226 cm³/mol. The molecule has 292 valence electrons. The average molecular weight is 742 g/mol. The molecule has 5 nitrogen and oxygen atoms in total. The van der Waals surface area contributed by atoms with E-state index in [-0.39, 0.29) is 18.0 Å². The number of nitrogens with two attached hydrogens (primary N) is 1. The fourth-order valence-corrected chi connectivity index (χ4v) is 5.61. The molecule has 1 unspecified atom stereocenters. The smallest absolute Gasteiger partial charge is 0.385 e. The van der Waals surface area contributed by atoms with Crippen LogP contribution in [-0.4, -0.2) is 29.4 Å². The van der Waals surface area contributed by atoms with Gasteiger partial charge in [-0.25, -0.2) is 4.68 Å². The standard InChI is InChI=1S/C30H34F3N3.C13H20N2.C3H8/c1-7-10-26-28(19(4)17-23-11-14-25(15-12-23)20(5)21(6)34)36(35-29(26)30(31,32)33)27-16-13-22(8-2)18-24(27)9-3;1-11-4-6-13(7-5-11)10-15-12(2)8-9-14-3;1-3-2/h9,11-16,18,21H,3-5,7-8,10,17,34H2,1-2,6H3;4-7,14-15H,2,8-10H2,1,3H3;3H2,1-2H3. The first kappa shape index (κ1) is 45.5. The van der Waals surface area contributed by atoms with Gasteiger partial charge in [-0.15, -0.1) is 0 Å². The van der Waals surface area contributed by atoms with Crippen LogP contribution in [0.3, 0.4) is 0 Å². The first-order valence-electron chi connectivity index (χ1n) is 18.9. The normalized spacial score (nSPS) is 11.4. The van der Waals surface area contributed by atoms with Crippen molar-refractivity contribution < 1.29 is 13.2 Å². The fraction of sp³-hybridized carbons (Fsp3) is 0.370. The summed E-state index contributed by atoms with van der Waals surface area (Å²) in [5.74, 6) is 0. The topological polar surface area (TPSA) is 67.9 Å². The second-order valence-corrected chi connectivity index (χ2v) is 13.6. The number of hydrogen-bond donors (Lipinski definition) is 3. The van der Waals surface area contributed by atoms with E-state index in [2.05, 4.69) is 87.1 Å². The molecule has 0 bridgehead atoms. The second kappa shape index (κ2) is 22.5. The second-order valence-electron chi connectivity index (χ2n) is 13.6. The van der Waals surface area contributed by atoms with Gasteiger partial charge in [-0.3, -0.25) is 0 Å².